The SMILES string of the molecule is Cc1cccc(C(C2=C/CC#CC(C#N)/C=C\2)c2ccc(C)c(C)c2C)c1C. The zero-order chi connectivity index (χ0) is 20.3. The first kappa shape index (κ1) is 19.7. The Morgan fingerprint density at radius 1 is 0.929 bits per heavy atom. The second-order valence-electron chi connectivity index (χ2n) is 7.64. The standard InChI is InChI=1S/C27H27N/c1-18-9-8-12-25(21(18)4)27(26-16-13-19(2)20(3)22(26)5)24-11-7-6-10-23(17-28)14-15-24/h8-9,11-16,23,27H,7H2,1-5H3/b15-14-,24-11+. The first-order valence-corrected chi connectivity index (χ1v) is 9.83. The zero-order valence-electron chi connectivity index (χ0n) is 17.4. The van der Waals surface area contributed by atoms with Crippen LogP contribution in [0.5, 0.6) is 0 Å². The second-order valence-corrected chi connectivity index (χ2v) is 7.64. The minimum absolute atomic E-state index is 0.134. The van der Waals surface area contributed by atoms with Gasteiger partial charge in [-0.2, -0.15) is 5.26 Å². The molecule has 2 atom stereocenters. The number of benzene rings is 2. The van der Waals surface area contributed by atoms with E-state index in [1.807, 2.05) is 6.08 Å². The molecule has 0 N–H and O–H groups in total. The van der Waals surface area contributed by atoms with Crippen LogP contribution in [-0.4, -0.2) is 0 Å². The van der Waals surface area contributed by atoms with Crippen molar-refractivity contribution in [1.29, 1.82) is 5.26 Å². The van der Waals surface area contributed by atoms with E-state index < -0.39 is 0 Å². The highest BCUT2D eigenvalue weighted by Crippen LogP contribution is 2.38. The maximum Gasteiger partial charge on any atom is 0.125 e. The number of nitriles is 1. The molecule has 2 aromatic carbocycles. The smallest absolute Gasteiger partial charge is 0.125 e. The predicted molar refractivity (Wildman–Crippen MR) is 117 cm³/mol. The van der Waals surface area contributed by atoms with Crippen molar-refractivity contribution in [3.05, 3.63) is 93.1 Å². The van der Waals surface area contributed by atoms with Gasteiger partial charge in [-0.3, -0.25) is 0 Å². The Bertz CT molecular complexity index is 1060. The van der Waals surface area contributed by atoms with E-state index in [1.54, 1.807) is 0 Å². The van der Waals surface area contributed by atoms with Crippen molar-refractivity contribution in [2.45, 2.75) is 47.0 Å². The summed E-state index contributed by atoms with van der Waals surface area (Å²) in [5.74, 6) is 5.94. The van der Waals surface area contributed by atoms with Gasteiger partial charge in [0.2, 0.25) is 0 Å². The zero-order valence-corrected chi connectivity index (χ0v) is 17.4. The third-order valence-electron chi connectivity index (χ3n) is 6.02. The fraction of sp³-hybridized carbons (Fsp3) is 0.296. The van der Waals surface area contributed by atoms with Gasteiger partial charge in [-0.1, -0.05) is 60.4 Å². The number of allylic oxidation sites excluding steroid dienone is 4. The van der Waals surface area contributed by atoms with Crippen LogP contribution >= 0.6 is 0 Å². The lowest BCUT2D eigenvalue weighted by atomic mass is 9.78. The van der Waals surface area contributed by atoms with E-state index in [-0.39, 0.29) is 11.8 Å². The molecule has 0 saturated heterocycles. The van der Waals surface area contributed by atoms with Gasteiger partial charge in [-0.15, -0.1) is 0 Å². The number of aryl methyl sites for hydroxylation is 2. The van der Waals surface area contributed by atoms with Gasteiger partial charge in [0.25, 0.3) is 0 Å². The van der Waals surface area contributed by atoms with Gasteiger partial charge < -0.3 is 0 Å². The fourth-order valence-corrected chi connectivity index (χ4v) is 3.85. The Labute approximate surface area is 169 Å². The van der Waals surface area contributed by atoms with Crippen LogP contribution in [0.15, 0.2) is 54.1 Å². The topological polar surface area (TPSA) is 23.8 Å². The Morgan fingerprint density at radius 3 is 2.39 bits per heavy atom. The molecule has 0 amide bonds. The van der Waals surface area contributed by atoms with Crippen molar-refractivity contribution in [2.24, 2.45) is 5.92 Å². The molecule has 1 aliphatic carbocycles. The van der Waals surface area contributed by atoms with Crippen molar-refractivity contribution >= 4 is 0 Å². The summed E-state index contributed by atoms with van der Waals surface area (Å²) in [6.45, 7) is 11.0. The van der Waals surface area contributed by atoms with Crippen LogP contribution in [0.4, 0.5) is 0 Å². The molecular formula is C27H27N. The molecule has 0 spiro atoms. The molecule has 0 bridgehead atoms. The largest absolute Gasteiger partial charge is 0.197 e. The lowest BCUT2D eigenvalue weighted by molar-refractivity contribution is 0.926. The second kappa shape index (κ2) is 8.33. The van der Waals surface area contributed by atoms with Crippen molar-refractivity contribution in [3.63, 3.8) is 0 Å². The van der Waals surface area contributed by atoms with Gasteiger partial charge in [0, 0.05) is 12.3 Å². The normalized spacial score (nSPS) is 19.9. The summed E-state index contributed by atoms with van der Waals surface area (Å²) in [4.78, 5) is 0. The van der Waals surface area contributed by atoms with Crippen molar-refractivity contribution < 1.29 is 0 Å². The molecule has 1 aliphatic rings. The molecule has 1 nitrogen and oxygen atoms in total. The lowest BCUT2D eigenvalue weighted by Crippen LogP contribution is -2.10. The summed E-state index contributed by atoms with van der Waals surface area (Å²) in [5.41, 5.74) is 10.5. The summed E-state index contributed by atoms with van der Waals surface area (Å²) >= 11 is 0. The maximum atomic E-state index is 9.34. The minimum Gasteiger partial charge on any atom is -0.197 e. The van der Waals surface area contributed by atoms with Gasteiger partial charge in [0.05, 0.1) is 6.07 Å². The highest BCUT2D eigenvalue weighted by Gasteiger charge is 2.23. The van der Waals surface area contributed by atoms with Gasteiger partial charge in [-0.25, -0.2) is 0 Å². The van der Waals surface area contributed by atoms with Crippen LogP contribution in [0.2, 0.25) is 0 Å². The van der Waals surface area contributed by atoms with E-state index in [2.05, 4.69) is 95.0 Å². The van der Waals surface area contributed by atoms with E-state index in [9.17, 15) is 5.26 Å². The minimum atomic E-state index is -0.344. The van der Waals surface area contributed by atoms with E-state index >= 15 is 0 Å². The molecule has 0 saturated carbocycles. The van der Waals surface area contributed by atoms with E-state index in [0.29, 0.717) is 6.42 Å². The molecule has 2 unspecified atom stereocenters. The van der Waals surface area contributed by atoms with Crippen molar-refractivity contribution in [2.75, 3.05) is 0 Å². The highest BCUT2D eigenvalue weighted by atomic mass is 14.3. The highest BCUT2D eigenvalue weighted by molar-refractivity contribution is 5.54. The van der Waals surface area contributed by atoms with Gasteiger partial charge >= 0.3 is 0 Å². The summed E-state index contributed by atoms with van der Waals surface area (Å²) in [6, 6.07) is 13.3. The van der Waals surface area contributed by atoms with Gasteiger partial charge in [0.1, 0.15) is 5.92 Å². The van der Waals surface area contributed by atoms with Crippen molar-refractivity contribution in [1.82, 2.24) is 0 Å². The van der Waals surface area contributed by atoms with E-state index in [0.717, 1.165) is 0 Å². The summed E-state index contributed by atoms with van der Waals surface area (Å²) < 4.78 is 0. The van der Waals surface area contributed by atoms with Crippen LogP contribution in [0.25, 0.3) is 0 Å². The lowest BCUT2D eigenvalue weighted by Gasteiger charge is -2.26. The molecule has 1 heteroatoms. The van der Waals surface area contributed by atoms with Gasteiger partial charge in [-0.05, 0) is 79.1 Å². The number of rotatable bonds is 3. The van der Waals surface area contributed by atoms with E-state index in [4.69, 9.17) is 0 Å². The fourth-order valence-electron chi connectivity index (χ4n) is 3.85. The number of hydrogen-bond acceptors (Lipinski definition) is 1. The summed E-state index contributed by atoms with van der Waals surface area (Å²) in [5, 5.41) is 9.34. The Balaban J connectivity index is 2.25. The molecule has 0 fully saturated rings. The van der Waals surface area contributed by atoms with Gasteiger partial charge in [0.15, 0.2) is 0 Å². The molecule has 0 aromatic heterocycles. The number of hydrogen-bond donors (Lipinski definition) is 0. The quantitative estimate of drug-likeness (QED) is 0.578. The summed E-state index contributed by atoms with van der Waals surface area (Å²) in [6.07, 6.45) is 6.94. The monoisotopic (exact) mass is 365 g/mol. The van der Waals surface area contributed by atoms with Crippen LogP contribution in [0.3, 0.4) is 0 Å². The third kappa shape index (κ3) is 3.81. The van der Waals surface area contributed by atoms with Crippen LogP contribution in [-0.2, 0) is 0 Å². The average molecular weight is 366 g/mol. The molecule has 0 aliphatic heterocycles. The van der Waals surface area contributed by atoms with Crippen LogP contribution < -0.4 is 0 Å². The molecule has 0 radical (unpaired) electrons. The van der Waals surface area contributed by atoms with Crippen LogP contribution in [0.1, 0.15) is 51.3 Å². The molecular weight excluding hydrogens is 338 g/mol. The van der Waals surface area contributed by atoms with Crippen LogP contribution in [0, 0.1) is 63.7 Å². The maximum absolute atomic E-state index is 9.34. The number of nitrogens with zero attached hydrogens (tertiary/aromatic N) is 1. The molecule has 0 heterocycles. The third-order valence-corrected chi connectivity index (χ3v) is 6.02. The van der Waals surface area contributed by atoms with Crippen molar-refractivity contribution in [3.8, 4) is 17.9 Å². The molecule has 2 aromatic rings. The average Bonchev–Trinajstić information content (AvgIpc) is 2.66. The first-order valence-electron chi connectivity index (χ1n) is 9.83. The first-order chi connectivity index (χ1) is 13.4. The predicted octanol–water partition coefficient (Wildman–Crippen LogP) is 6.39. The Morgan fingerprint density at radius 2 is 1.64 bits per heavy atom. The molecule has 3 rings (SSSR count). The Kier molecular flexibility index (Phi) is 5.87. The molecule has 28 heavy (non-hydrogen) atoms. The Hall–Kier alpha value is -3.03. The molecule has 140 valence electrons. The van der Waals surface area contributed by atoms with E-state index in [1.165, 1.54) is 44.5 Å². The summed E-state index contributed by atoms with van der Waals surface area (Å²) in [7, 11) is 0.